The van der Waals surface area contributed by atoms with Gasteiger partial charge in [0.15, 0.2) is 5.96 Å². The molecule has 0 aromatic heterocycles. The Kier molecular flexibility index (Phi) is 28.0. The van der Waals surface area contributed by atoms with Crippen LogP contribution in [0.2, 0.25) is 0 Å². The second-order valence-electron chi connectivity index (χ2n) is 19.1. The van der Waals surface area contributed by atoms with E-state index in [4.69, 9.17) is 22.9 Å². The molecule has 1 aliphatic rings. The van der Waals surface area contributed by atoms with Crippen molar-refractivity contribution in [1.29, 1.82) is 0 Å². The number of aliphatic imine (C=N–C) groups is 1. The minimum atomic E-state index is -1.66. The number of carbonyl (C=O) groups excluding carboxylic acids is 11. The Hall–Kier alpha value is -6.60. The summed E-state index contributed by atoms with van der Waals surface area (Å²) in [6.45, 7) is 16.0. The Morgan fingerprint density at radius 1 is 0.603 bits per heavy atom. The molecule has 26 heteroatoms. The summed E-state index contributed by atoms with van der Waals surface area (Å²) >= 11 is 0. The quantitative estimate of drug-likeness (QED) is 0.0178. The number of nitrogens with zero attached hydrogens (tertiary/aromatic N) is 2. The molecule has 0 spiro atoms. The van der Waals surface area contributed by atoms with Crippen molar-refractivity contribution in [3.05, 3.63) is 0 Å². The average Bonchev–Trinajstić information content (AvgIpc) is 3.81. The first-order valence-electron chi connectivity index (χ1n) is 25.1. The zero-order chi connectivity index (χ0) is 55.9. The summed E-state index contributed by atoms with van der Waals surface area (Å²) in [5.74, 6) is -9.96. The van der Waals surface area contributed by atoms with E-state index < -0.39 is 143 Å². The first-order chi connectivity index (χ1) is 34.1. The van der Waals surface area contributed by atoms with Crippen molar-refractivity contribution in [2.75, 3.05) is 13.1 Å². The largest absolute Gasteiger partial charge is 0.391 e. The van der Waals surface area contributed by atoms with Crippen LogP contribution in [-0.4, -0.2) is 155 Å². The molecule has 73 heavy (non-hydrogen) atoms. The molecule has 1 rings (SSSR count). The molecule has 1 aliphatic heterocycles. The third kappa shape index (κ3) is 21.6. The van der Waals surface area contributed by atoms with Crippen molar-refractivity contribution in [1.82, 2.24) is 47.4 Å². The molecule has 1 saturated heterocycles. The van der Waals surface area contributed by atoms with Crippen molar-refractivity contribution in [3.63, 3.8) is 0 Å². The van der Waals surface area contributed by atoms with Crippen molar-refractivity contribution < 1.29 is 57.8 Å². The van der Waals surface area contributed by atoms with Crippen molar-refractivity contribution in [2.24, 2.45) is 45.7 Å². The Balaban J connectivity index is 3.41. The second kappa shape index (κ2) is 31.8. The van der Waals surface area contributed by atoms with Gasteiger partial charge in [-0.1, -0.05) is 67.7 Å². The lowest BCUT2D eigenvalue weighted by molar-refractivity contribution is -0.142. The first-order valence-corrected chi connectivity index (χ1v) is 25.1. The highest BCUT2D eigenvalue weighted by atomic mass is 16.3. The smallest absolute Gasteiger partial charge is 0.245 e. The fourth-order valence-electron chi connectivity index (χ4n) is 7.86. The number of amides is 11. The molecule has 0 aromatic carbocycles. The predicted molar refractivity (Wildman–Crippen MR) is 269 cm³/mol. The van der Waals surface area contributed by atoms with Crippen LogP contribution in [0.1, 0.15) is 133 Å². The van der Waals surface area contributed by atoms with Crippen LogP contribution in [0.4, 0.5) is 0 Å². The lowest BCUT2D eigenvalue weighted by Crippen LogP contribution is -2.63. The highest BCUT2D eigenvalue weighted by molar-refractivity contribution is 5.99. The van der Waals surface area contributed by atoms with E-state index in [0.717, 1.165) is 0 Å². The fourth-order valence-corrected chi connectivity index (χ4v) is 7.86. The van der Waals surface area contributed by atoms with Crippen LogP contribution in [0.3, 0.4) is 0 Å². The van der Waals surface area contributed by atoms with Crippen LogP contribution >= 0.6 is 0 Å². The zero-order valence-corrected chi connectivity index (χ0v) is 44.1. The number of guanidine groups is 1. The maximum Gasteiger partial charge on any atom is 0.245 e. The summed E-state index contributed by atoms with van der Waals surface area (Å²) in [6.07, 6.45) is 0.225. The molecule has 0 bridgehead atoms. The fraction of sp³-hybridized carbons (Fsp3) is 0.745. The summed E-state index contributed by atoms with van der Waals surface area (Å²) in [5, 5.41) is 31.6. The van der Waals surface area contributed by atoms with Gasteiger partial charge in [-0.25, -0.2) is 0 Å². The molecule has 11 amide bonds. The maximum absolute atomic E-state index is 14.2. The third-order valence-corrected chi connectivity index (χ3v) is 12.7. The van der Waals surface area contributed by atoms with Gasteiger partial charge in [-0.15, -0.1) is 0 Å². The van der Waals surface area contributed by atoms with Gasteiger partial charge in [0, 0.05) is 26.4 Å². The van der Waals surface area contributed by atoms with E-state index in [1.165, 1.54) is 25.7 Å². The van der Waals surface area contributed by atoms with Gasteiger partial charge in [0.25, 0.3) is 0 Å². The number of nitrogens with two attached hydrogens (primary N) is 4. The van der Waals surface area contributed by atoms with Gasteiger partial charge in [-0.2, -0.15) is 0 Å². The van der Waals surface area contributed by atoms with Gasteiger partial charge >= 0.3 is 0 Å². The van der Waals surface area contributed by atoms with Gasteiger partial charge in [0.05, 0.1) is 6.10 Å². The van der Waals surface area contributed by atoms with E-state index >= 15 is 0 Å². The molecule has 0 unspecified atom stereocenters. The number of hydrogen-bond donors (Lipinski definition) is 13. The Labute approximate surface area is 428 Å². The van der Waals surface area contributed by atoms with E-state index in [0.29, 0.717) is 25.7 Å². The summed E-state index contributed by atoms with van der Waals surface area (Å²) in [7, 11) is 0. The van der Waals surface area contributed by atoms with Gasteiger partial charge < -0.3 is 75.5 Å². The standard InChI is InChI=1S/C47H84N14O12/c1-11-16-29(39(66)58-35(24(6)12-2)43(70)56-31(17-14-21-52-47(50)51)46(73)61-22-15-18-32(61)41(68)53-26(8)38(49)65)55-45(72)37(27(9)62)60-44(71)36(25(7)13-3)59-42(69)34(23(4)5)57-40(67)30(54-28(10)63)19-20-33(48)64/h23-27,29-32,34-37,62H,11-22H2,1-10H3,(H2,48,64)(H2,49,65)(H,53,68)(H,54,63)(H,55,72)(H,56,70)(H,57,67)(H,58,66)(H,59,69)(H,60,71)(H4,50,51,52)/t24-,25-,26+,27+,29-,30-,31-,32-,34-,35-,36+,37-/m0/s1. The van der Waals surface area contributed by atoms with Crippen LogP contribution in [0.15, 0.2) is 4.99 Å². The number of likely N-dealkylation sites (tertiary alicyclic amines) is 1. The molecule has 12 atom stereocenters. The van der Waals surface area contributed by atoms with Crippen LogP contribution in [0.5, 0.6) is 0 Å². The van der Waals surface area contributed by atoms with Crippen LogP contribution < -0.4 is 65.5 Å². The van der Waals surface area contributed by atoms with E-state index in [1.54, 1.807) is 48.5 Å². The van der Waals surface area contributed by atoms with Gasteiger partial charge in [-0.05, 0) is 70.1 Å². The van der Waals surface area contributed by atoms with E-state index in [9.17, 15) is 57.8 Å². The van der Waals surface area contributed by atoms with Crippen molar-refractivity contribution in [2.45, 2.75) is 194 Å². The molecule has 0 aromatic rings. The number of nitrogens with one attached hydrogen (secondary N) is 8. The average molecular weight is 1040 g/mol. The molecule has 17 N–H and O–H groups in total. The summed E-state index contributed by atoms with van der Waals surface area (Å²) in [5.41, 5.74) is 21.6. The van der Waals surface area contributed by atoms with Crippen LogP contribution in [0.25, 0.3) is 0 Å². The molecular weight excluding hydrogens is 953 g/mol. The molecule has 1 heterocycles. The molecule has 0 radical (unpaired) electrons. The number of aliphatic hydroxyl groups excluding tert-OH is 1. The highest BCUT2D eigenvalue weighted by Gasteiger charge is 2.41. The minimum Gasteiger partial charge on any atom is -0.391 e. The summed E-state index contributed by atoms with van der Waals surface area (Å²) in [4.78, 5) is 151. The Morgan fingerprint density at radius 3 is 1.56 bits per heavy atom. The Bertz CT molecular complexity index is 1960. The number of rotatable bonds is 32. The van der Waals surface area contributed by atoms with E-state index in [1.807, 2.05) is 0 Å². The monoisotopic (exact) mass is 1040 g/mol. The normalized spacial score (nSPS) is 17.8. The SMILES string of the molecule is CCC[C@H](NC(=O)[C@@H](NC(=O)[C@H](NC(=O)[C@@H](NC(=O)[C@H](CCC(N)=O)NC(C)=O)C(C)C)[C@@H](C)CC)[C@@H](C)O)C(=O)N[C@H](C(=O)N[C@@H](CCCN=C(N)N)C(=O)N1CCC[C@H]1C(=O)N[C@H](C)C(N)=O)[C@@H](C)CC. The highest BCUT2D eigenvalue weighted by Crippen LogP contribution is 2.21. The Morgan fingerprint density at radius 2 is 1.08 bits per heavy atom. The molecule has 0 saturated carbocycles. The second-order valence-corrected chi connectivity index (χ2v) is 19.1. The number of hydrogen-bond acceptors (Lipinski definition) is 13. The van der Waals surface area contributed by atoms with E-state index in [2.05, 4.69) is 47.5 Å². The van der Waals surface area contributed by atoms with Crippen LogP contribution in [0, 0.1) is 17.8 Å². The summed E-state index contributed by atoms with van der Waals surface area (Å²) < 4.78 is 0. The molecule has 0 aliphatic carbocycles. The van der Waals surface area contributed by atoms with Gasteiger partial charge in [0.1, 0.15) is 54.4 Å². The zero-order valence-electron chi connectivity index (χ0n) is 44.1. The van der Waals surface area contributed by atoms with E-state index in [-0.39, 0.29) is 57.6 Å². The minimum absolute atomic E-state index is 0.0303. The predicted octanol–water partition coefficient (Wildman–Crippen LogP) is -3.37. The van der Waals surface area contributed by atoms with Gasteiger partial charge in [0.2, 0.25) is 65.0 Å². The molecule has 1 fully saturated rings. The number of aliphatic hydroxyl groups is 1. The van der Waals surface area contributed by atoms with Crippen LogP contribution in [-0.2, 0) is 52.7 Å². The first kappa shape index (κ1) is 64.4. The summed E-state index contributed by atoms with van der Waals surface area (Å²) in [6, 6.07) is -11.1. The number of carbonyl (C=O) groups is 11. The third-order valence-electron chi connectivity index (χ3n) is 12.7. The molecule has 414 valence electrons. The van der Waals surface area contributed by atoms with Gasteiger partial charge in [-0.3, -0.25) is 57.7 Å². The topological polar surface area (TPSA) is 424 Å². The lowest BCUT2D eigenvalue weighted by Gasteiger charge is -2.32. The van der Waals surface area contributed by atoms with Crippen molar-refractivity contribution in [3.8, 4) is 0 Å². The molecule has 26 nitrogen and oxygen atoms in total. The maximum atomic E-state index is 14.2. The lowest BCUT2D eigenvalue weighted by atomic mass is 9.95. The molecular formula is C47H84N14O12. The number of primary amides is 2. The van der Waals surface area contributed by atoms with Crippen molar-refractivity contribution >= 4 is 70.9 Å².